The van der Waals surface area contributed by atoms with Crippen molar-refractivity contribution in [3.8, 4) is 0 Å². The third-order valence-corrected chi connectivity index (χ3v) is 7.37. The van der Waals surface area contributed by atoms with Crippen LogP contribution >= 0.6 is 11.3 Å². The van der Waals surface area contributed by atoms with Crippen LogP contribution in [0.3, 0.4) is 0 Å². The van der Waals surface area contributed by atoms with Crippen LogP contribution in [0.1, 0.15) is 43.4 Å². The highest BCUT2D eigenvalue weighted by Crippen LogP contribution is 2.34. The first-order chi connectivity index (χ1) is 15.7. The average molecular weight is 438 g/mol. The molecule has 0 unspecified atom stereocenters. The first-order valence-electron chi connectivity index (χ1n) is 11.4. The summed E-state index contributed by atoms with van der Waals surface area (Å²) in [4.78, 5) is 12.7. The SMILES string of the molecule is CC[C@H](NC(=O)CCCc1ccc2c(c1)sc1ccccc12)c1ccc2ccccc2c1. The Kier molecular flexibility index (Phi) is 5.91. The molecular formula is C29H27NOS. The summed E-state index contributed by atoms with van der Waals surface area (Å²) in [6.07, 6.45) is 3.21. The number of carbonyl (C=O) groups is 1. The predicted octanol–water partition coefficient (Wildman–Crippen LogP) is 7.80. The lowest BCUT2D eigenvalue weighted by molar-refractivity contribution is -0.122. The molecule has 32 heavy (non-hydrogen) atoms. The quantitative estimate of drug-likeness (QED) is 0.276. The fraction of sp³-hybridized carbons (Fsp3) is 0.207. The zero-order valence-electron chi connectivity index (χ0n) is 18.3. The first-order valence-corrected chi connectivity index (χ1v) is 12.2. The zero-order valence-corrected chi connectivity index (χ0v) is 19.1. The van der Waals surface area contributed by atoms with Gasteiger partial charge in [-0.05, 0) is 59.4 Å². The third-order valence-electron chi connectivity index (χ3n) is 6.23. The standard InChI is InChI=1S/C29H27NOS/c1-2-26(23-16-15-21-9-3-4-10-22(21)19-23)30-29(31)13-7-8-20-14-17-25-24-11-5-6-12-27(24)32-28(25)18-20/h3-6,9-12,14-19,26H,2,7-8,13H2,1H3,(H,30,31)/t26-/m0/s1. The van der Waals surface area contributed by atoms with Gasteiger partial charge in [0.25, 0.3) is 0 Å². The summed E-state index contributed by atoms with van der Waals surface area (Å²) in [7, 11) is 0. The van der Waals surface area contributed by atoms with E-state index in [4.69, 9.17) is 0 Å². The molecule has 0 saturated carbocycles. The molecule has 0 saturated heterocycles. The van der Waals surface area contributed by atoms with Crippen LogP contribution < -0.4 is 5.32 Å². The van der Waals surface area contributed by atoms with E-state index in [1.54, 1.807) is 0 Å². The van der Waals surface area contributed by atoms with Gasteiger partial charge in [-0.15, -0.1) is 11.3 Å². The maximum absolute atomic E-state index is 12.7. The van der Waals surface area contributed by atoms with Crippen molar-refractivity contribution in [1.29, 1.82) is 0 Å². The molecule has 1 N–H and O–H groups in total. The van der Waals surface area contributed by atoms with Crippen molar-refractivity contribution in [3.63, 3.8) is 0 Å². The lowest BCUT2D eigenvalue weighted by atomic mass is 10.00. The van der Waals surface area contributed by atoms with E-state index in [0.717, 1.165) is 19.3 Å². The van der Waals surface area contributed by atoms with Crippen molar-refractivity contribution in [2.24, 2.45) is 0 Å². The molecule has 160 valence electrons. The molecule has 1 amide bonds. The Morgan fingerprint density at radius 3 is 2.50 bits per heavy atom. The summed E-state index contributed by atoms with van der Waals surface area (Å²) >= 11 is 1.85. The molecule has 1 aromatic heterocycles. The van der Waals surface area contributed by atoms with Gasteiger partial charge in [0.05, 0.1) is 6.04 Å². The van der Waals surface area contributed by atoms with E-state index in [-0.39, 0.29) is 11.9 Å². The van der Waals surface area contributed by atoms with Gasteiger partial charge in [-0.25, -0.2) is 0 Å². The highest BCUT2D eigenvalue weighted by Gasteiger charge is 2.13. The van der Waals surface area contributed by atoms with Crippen LogP contribution in [-0.2, 0) is 11.2 Å². The zero-order chi connectivity index (χ0) is 21.9. The predicted molar refractivity (Wildman–Crippen MR) is 137 cm³/mol. The number of fused-ring (bicyclic) bond motifs is 4. The second-order valence-corrected chi connectivity index (χ2v) is 9.50. The smallest absolute Gasteiger partial charge is 0.220 e. The molecule has 4 aromatic carbocycles. The lowest BCUT2D eigenvalue weighted by Gasteiger charge is -2.18. The minimum atomic E-state index is 0.0574. The molecule has 0 spiro atoms. The Labute approximate surface area is 192 Å². The Morgan fingerprint density at radius 2 is 1.62 bits per heavy atom. The van der Waals surface area contributed by atoms with Crippen LogP contribution in [0.4, 0.5) is 0 Å². The van der Waals surface area contributed by atoms with Crippen molar-refractivity contribution in [2.45, 2.75) is 38.6 Å². The number of hydrogen-bond acceptors (Lipinski definition) is 2. The summed E-state index contributed by atoms with van der Waals surface area (Å²) in [5.41, 5.74) is 2.48. The van der Waals surface area contributed by atoms with Crippen LogP contribution in [0.5, 0.6) is 0 Å². The van der Waals surface area contributed by atoms with E-state index < -0.39 is 0 Å². The van der Waals surface area contributed by atoms with Crippen LogP contribution in [0, 0.1) is 0 Å². The van der Waals surface area contributed by atoms with E-state index >= 15 is 0 Å². The topological polar surface area (TPSA) is 29.1 Å². The maximum Gasteiger partial charge on any atom is 0.220 e. The van der Waals surface area contributed by atoms with E-state index in [2.05, 4.69) is 97.2 Å². The second-order valence-electron chi connectivity index (χ2n) is 8.42. The van der Waals surface area contributed by atoms with Crippen LogP contribution in [0.25, 0.3) is 30.9 Å². The van der Waals surface area contributed by atoms with Crippen molar-refractivity contribution < 1.29 is 4.79 Å². The Bertz CT molecular complexity index is 1400. The highest BCUT2D eigenvalue weighted by atomic mass is 32.1. The number of aryl methyl sites for hydroxylation is 1. The van der Waals surface area contributed by atoms with Gasteiger partial charge in [0, 0.05) is 26.6 Å². The van der Waals surface area contributed by atoms with Crippen molar-refractivity contribution >= 4 is 48.2 Å². The number of hydrogen-bond donors (Lipinski definition) is 1. The van der Waals surface area contributed by atoms with Gasteiger partial charge in [-0.2, -0.15) is 0 Å². The molecule has 3 heteroatoms. The molecule has 0 aliphatic carbocycles. The number of rotatable bonds is 7. The van der Waals surface area contributed by atoms with Gasteiger partial charge < -0.3 is 5.32 Å². The second kappa shape index (κ2) is 9.13. The fourth-order valence-corrected chi connectivity index (χ4v) is 5.66. The van der Waals surface area contributed by atoms with Gasteiger partial charge in [0.1, 0.15) is 0 Å². The van der Waals surface area contributed by atoms with E-state index in [1.807, 2.05) is 11.3 Å². The normalized spacial score (nSPS) is 12.4. The lowest BCUT2D eigenvalue weighted by Crippen LogP contribution is -2.28. The Morgan fingerprint density at radius 1 is 0.844 bits per heavy atom. The van der Waals surface area contributed by atoms with Gasteiger partial charge in [-0.3, -0.25) is 4.79 Å². The number of nitrogens with one attached hydrogen (secondary N) is 1. The van der Waals surface area contributed by atoms with Crippen molar-refractivity contribution in [1.82, 2.24) is 5.32 Å². The molecule has 0 aliphatic rings. The molecule has 1 heterocycles. The van der Waals surface area contributed by atoms with Gasteiger partial charge in [0.15, 0.2) is 0 Å². The van der Waals surface area contributed by atoms with Crippen LogP contribution in [0.15, 0.2) is 84.9 Å². The number of benzene rings is 4. The molecule has 0 fully saturated rings. The first kappa shape index (κ1) is 20.7. The Balaban J connectivity index is 1.20. The number of carbonyl (C=O) groups excluding carboxylic acids is 1. The van der Waals surface area contributed by atoms with Crippen LogP contribution in [-0.4, -0.2) is 5.91 Å². The summed E-state index contributed by atoms with van der Waals surface area (Å²) in [5, 5.41) is 8.35. The summed E-state index contributed by atoms with van der Waals surface area (Å²) in [6, 6.07) is 30.2. The van der Waals surface area contributed by atoms with E-state index in [0.29, 0.717) is 6.42 Å². The average Bonchev–Trinajstić information content (AvgIpc) is 3.20. The van der Waals surface area contributed by atoms with Crippen molar-refractivity contribution in [2.75, 3.05) is 0 Å². The minimum Gasteiger partial charge on any atom is -0.349 e. The molecule has 0 radical (unpaired) electrons. The molecule has 5 rings (SSSR count). The van der Waals surface area contributed by atoms with Gasteiger partial charge in [-0.1, -0.05) is 73.7 Å². The minimum absolute atomic E-state index is 0.0574. The third kappa shape index (κ3) is 4.26. The monoisotopic (exact) mass is 437 g/mol. The van der Waals surface area contributed by atoms with Gasteiger partial charge >= 0.3 is 0 Å². The van der Waals surface area contributed by atoms with E-state index in [1.165, 1.54) is 42.1 Å². The fourth-order valence-electron chi connectivity index (χ4n) is 4.49. The molecule has 1 atom stereocenters. The summed E-state index contributed by atoms with van der Waals surface area (Å²) in [6.45, 7) is 2.13. The molecular weight excluding hydrogens is 410 g/mol. The summed E-state index contributed by atoms with van der Waals surface area (Å²) < 4.78 is 2.66. The Hall–Kier alpha value is -3.17. The van der Waals surface area contributed by atoms with Gasteiger partial charge in [0.2, 0.25) is 5.91 Å². The van der Waals surface area contributed by atoms with Crippen molar-refractivity contribution in [3.05, 3.63) is 96.1 Å². The van der Waals surface area contributed by atoms with E-state index in [9.17, 15) is 4.79 Å². The number of thiophene rings is 1. The highest BCUT2D eigenvalue weighted by molar-refractivity contribution is 7.25. The largest absolute Gasteiger partial charge is 0.349 e. The van der Waals surface area contributed by atoms with Crippen LogP contribution in [0.2, 0.25) is 0 Å². The molecule has 2 nitrogen and oxygen atoms in total. The molecule has 5 aromatic rings. The molecule has 0 bridgehead atoms. The number of amides is 1. The molecule has 0 aliphatic heterocycles. The maximum atomic E-state index is 12.7. The summed E-state index contributed by atoms with van der Waals surface area (Å²) in [5.74, 6) is 0.132.